The maximum Gasteiger partial charge on any atom is 0.166 e. The molecule has 0 radical (unpaired) electrons. The number of imidazole rings is 2. The number of ether oxygens (including phenoxy) is 2. The summed E-state index contributed by atoms with van der Waals surface area (Å²) >= 11 is 3.55. The second-order valence-electron chi connectivity index (χ2n) is 6.61. The Morgan fingerprint density at radius 1 is 0.724 bits per heavy atom. The number of H-pyrrole nitrogens is 2. The number of hydrogen-bond acceptors (Lipinski definition) is 6. The molecule has 0 atom stereocenters. The fourth-order valence-corrected chi connectivity index (χ4v) is 4.81. The van der Waals surface area contributed by atoms with Crippen molar-refractivity contribution in [2.75, 3.05) is 25.7 Å². The zero-order valence-corrected chi connectivity index (χ0v) is 18.2. The lowest BCUT2D eigenvalue weighted by Gasteiger charge is -1.99. The maximum atomic E-state index is 5.26. The molecule has 29 heavy (non-hydrogen) atoms. The zero-order chi connectivity index (χ0) is 20.1. The van der Waals surface area contributed by atoms with Gasteiger partial charge in [0.1, 0.15) is 11.5 Å². The van der Waals surface area contributed by atoms with Crippen molar-refractivity contribution in [1.82, 2.24) is 19.9 Å². The van der Waals surface area contributed by atoms with Crippen LogP contribution in [0.2, 0.25) is 0 Å². The van der Waals surface area contributed by atoms with Crippen molar-refractivity contribution in [2.24, 2.45) is 0 Å². The number of benzene rings is 2. The van der Waals surface area contributed by atoms with E-state index in [0.717, 1.165) is 55.4 Å². The Labute approximate surface area is 178 Å². The number of fused-ring (bicyclic) bond motifs is 2. The summed E-state index contributed by atoms with van der Waals surface area (Å²) in [5, 5.41) is 1.95. The van der Waals surface area contributed by atoms with Gasteiger partial charge in [-0.2, -0.15) is 0 Å². The number of rotatable bonds is 10. The average Bonchev–Trinajstić information content (AvgIpc) is 3.34. The van der Waals surface area contributed by atoms with Crippen LogP contribution in [-0.2, 0) is 0 Å². The van der Waals surface area contributed by atoms with Crippen LogP contribution >= 0.6 is 23.5 Å². The summed E-state index contributed by atoms with van der Waals surface area (Å²) in [6.45, 7) is 0. The predicted octanol–water partition coefficient (Wildman–Crippen LogP) is 5.51. The molecule has 0 aliphatic heterocycles. The Morgan fingerprint density at radius 3 is 1.66 bits per heavy atom. The Kier molecular flexibility index (Phi) is 6.51. The molecule has 0 fully saturated rings. The molecule has 6 nitrogen and oxygen atoms in total. The third-order valence-electron chi connectivity index (χ3n) is 4.60. The third-order valence-corrected chi connectivity index (χ3v) is 6.52. The van der Waals surface area contributed by atoms with E-state index in [0.29, 0.717) is 0 Å². The van der Waals surface area contributed by atoms with E-state index < -0.39 is 0 Å². The van der Waals surface area contributed by atoms with Crippen molar-refractivity contribution < 1.29 is 9.47 Å². The van der Waals surface area contributed by atoms with E-state index in [1.54, 1.807) is 37.7 Å². The van der Waals surface area contributed by atoms with Crippen LogP contribution in [0.4, 0.5) is 0 Å². The van der Waals surface area contributed by atoms with Gasteiger partial charge in [0, 0.05) is 23.6 Å². The number of aromatic amines is 2. The zero-order valence-electron chi connectivity index (χ0n) is 16.5. The fraction of sp³-hybridized carbons (Fsp3) is 0.333. The lowest BCUT2D eigenvalue weighted by Crippen LogP contribution is -1.86. The third kappa shape index (κ3) is 5.00. The van der Waals surface area contributed by atoms with E-state index in [1.165, 1.54) is 19.3 Å². The molecule has 0 spiro atoms. The monoisotopic (exact) mass is 428 g/mol. The van der Waals surface area contributed by atoms with Gasteiger partial charge in [0.2, 0.25) is 0 Å². The minimum absolute atomic E-state index is 0.846. The van der Waals surface area contributed by atoms with Crippen LogP contribution < -0.4 is 9.47 Å². The second kappa shape index (κ2) is 9.45. The first-order valence-electron chi connectivity index (χ1n) is 9.58. The van der Waals surface area contributed by atoms with Crippen molar-refractivity contribution in [3.63, 3.8) is 0 Å². The van der Waals surface area contributed by atoms with Gasteiger partial charge in [0.15, 0.2) is 10.3 Å². The minimum Gasteiger partial charge on any atom is -0.497 e. The largest absolute Gasteiger partial charge is 0.497 e. The normalized spacial score (nSPS) is 11.4. The lowest BCUT2D eigenvalue weighted by atomic mass is 10.3. The highest BCUT2D eigenvalue weighted by atomic mass is 32.2. The number of hydrogen-bond donors (Lipinski definition) is 2. The van der Waals surface area contributed by atoms with Gasteiger partial charge in [-0.25, -0.2) is 9.97 Å². The number of unbranched alkanes of at least 4 members (excludes halogenated alkanes) is 2. The van der Waals surface area contributed by atoms with Gasteiger partial charge in [-0.05, 0) is 37.1 Å². The predicted molar refractivity (Wildman–Crippen MR) is 121 cm³/mol. The molecule has 0 saturated heterocycles. The van der Waals surface area contributed by atoms with Crippen LogP contribution in [0.5, 0.6) is 11.5 Å². The summed E-state index contributed by atoms with van der Waals surface area (Å²) in [6.07, 6.45) is 3.54. The summed E-state index contributed by atoms with van der Waals surface area (Å²) in [4.78, 5) is 16.0. The maximum absolute atomic E-state index is 5.26. The Hall–Kier alpha value is -2.32. The molecule has 0 unspecified atom stereocenters. The molecular weight excluding hydrogens is 404 g/mol. The Balaban J connectivity index is 1.17. The highest BCUT2D eigenvalue weighted by Crippen LogP contribution is 2.25. The highest BCUT2D eigenvalue weighted by molar-refractivity contribution is 7.99. The number of nitrogens with zero attached hydrogens (tertiary/aromatic N) is 2. The number of thioether (sulfide) groups is 2. The molecule has 0 saturated carbocycles. The molecule has 2 N–H and O–H groups in total. The molecule has 0 bridgehead atoms. The first-order valence-corrected chi connectivity index (χ1v) is 11.6. The molecule has 8 heteroatoms. The average molecular weight is 429 g/mol. The van der Waals surface area contributed by atoms with Gasteiger partial charge in [-0.1, -0.05) is 29.9 Å². The van der Waals surface area contributed by atoms with Gasteiger partial charge in [0.25, 0.3) is 0 Å². The van der Waals surface area contributed by atoms with Crippen molar-refractivity contribution >= 4 is 45.6 Å². The topological polar surface area (TPSA) is 75.8 Å². The van der Waals surface area contributed by atoms with Crippen LogP contribution in [-0.4, -0.2) is 45.7 Å². The van der Waals surface area contributed by atoms with Crippen LogP contribution in [0, 0.1) is 0 Å². The number of aromatic nitrogens is 4. The first-order chi connectivity index (χ1) is 14.2. The quantitative estimate of drug-likeness (QED) is 0.256. The van der Waals surface area contributed by atoms with E-state index >= 15 is 0 Å². The van der Waals surface area contributed by atoms with Crippen molar-refractivity contribution in [2.45, 2.75) is 29.6 Å². The minimum atomic E-state index is 0.846. The van der Waals surface area contributed by atoms with Gasteiger partial charge in [-0.15, -0.1) is 0 Å². The molecular formula is C21H24N4O2S2. The van der Waals surface area contributed by atoms with Crippen molar-refractivity contribution in [1.29, 1.82) is 0 Å². The Morgan fingerprint density at radius 2 is 1.21 bits per heavy atom. The lowest BCUT2D eigenvalue weighted by molar-refractivity contribution is 0.415. The van der Waals surface area contributed by atoms with E-state index in [2.05, 4.69) is 19.9 Å². The molecule has 2 heterocycles. The standard InChI is InChI=1S/C21H24N4O2S2/c1-26-14-6-8-16-18(12-14)24-20(22-16)28-10-4-3-5-11-29-21-23-17-9-7-15(27-2)13-19(17)25-21/h6-9,12-13H,3-5,10-11H2,1-2H3,(H,22,24)(H,23,25). The van der Waals surface area contributed by atoms with E-state index in [9.17, 15) is 0 Å². The smallest absolute Gasteiger partial charge is 0.166 e. The van der Waals surface area contributed by atoms with Crippen LogP contribution in [0.3, 0.4) is 0 Å². The van der Waals surface area contributed by atoms with E-state index in [1.807, 2.05) is 36.4 Å². The first kappa shape index (κ1) is 20.0. The molecule has 0 aliphatic rings. The summed E-state index contributed by atoms with van der Waals surface area (Å²) in [5.74, 6) is 3.82. The van der Waals surface area contributed by atoms with Crippen molar-refractivity contribution in [3.8, 4) is 11.5 Å². The summed E-state index contributed by atoms with van der Waals surface area (Å²) in [7, 11) is 3.35. The Bertz CT molecular complexity index is 1010. The molecule has 152 valence electrons. The van der Waals surface area contributed by atoms with Gasteiger partial charge >= 0.3 is 0 Å². The SMILES string of the molecule is COc1ccc2nc(SCCCCCSc3nc4ccc(OC)cc4[nH]3)[nH]c2c1. The molecule has 2 aromatic carbocycles. The second-order valence-corrected chi connectivity index (χ2v) is 8.77. The summed E-state index contributed by atoms with van der Waals surface area (Å²) in [5.41, 5.74) is 4.00. The fourth-order valence-electron chi connectivity index (χ4n) is 3.04. The molecule has 4 aromatic rings. The molecule has 0 amide bonds. The van der Waals surface area contributed by atoms with Gasteiger partial charge in [-0.3, -0.25) is 0 Å². The summed E-state index contributed by atoms with van der Waals surface area (Å²) in [6, 6.07) is 11.8. The van der Waals surface area contributed by atoms with Crippen LogP contribution in [0.1, 0.15) is 19.3 Å². The van der Waals surface area contributed by atoms with Crippen molar-refractivity contribution in [3.05, 3.63) is 36.4 Å². The van der Waals surface area contributed by atoms with Crippen LogP contribution in [0.25, 0.3) is 22.1 Å². The summed E-state index contributed by atoms with van der Waals surface area (Å²) < 4.78 is 10.5. The molecule has 4 rings (SSSR count). The van der Waals surface area contributed by atoms with Gasteiger partial charge < -0.3 is 19.4 Å². The van der Waals surface area contributed by atoms with E-state index in [4.69, 9.17) is 9.47 Å². The molecule has 0 aliphatic carbocycles. The highest BCUT2D eigenvalue weighted by Gasteiger charge is 2.06. The van der Waals surface area contributed by atoms with E-state index in [-0.39, 0.29) is 0 Å². The van der Waals surface area contributed by atoms with Gasteiger partial charge in [0.05, 0.1) is 36.3 Å². The van der Waals surface area contributed by atoms with Crippen LogP contribution in [0.15, 0.2) is 46.7 Å². The number of nitrogens with one attached hydrogen (secondary N) is 2. The molecule has 2 aromatic heterocycles. The number of methoxy groups -OCH3 is 2.